The molecule has 12 bridgehead atoms. The van der Waals surface area contributed by atoms with Gasteiger partial charge in [0.05, 0.1) is 28.4 Å². The molecule has 0 fully saturated rings. The van der Waals surface area contributed by atoms with Crippen molar-refractivity contribution in [1.82, 2.24) is 0 Å². The second kappa shape index (κ2) is 20.1. The van der Waals surface area contributed by atoms with E-state index < -0.39 is 23.9 Å². The zero-order valence-corrected chi connectivity index (χ0v) is 42.0. The van der Waals surface area contributed by atoms with Crippen molar-refractivity contribution in [2.45, 2.75) is 26.4 Å². The molecular weight excluding hydrogens is 977 g/mol. The molecule has 10 aromatic rings. The van der Waals surface area contributed by atoms with E-state index in [0.29, 0.717) is 67.5 Å². The third-order valence-corrected chi connectivity index (χ3v) is 15.2. The fourth-order valence-corrected chi connectivity index (χ4v) is 11.5. The van der Waals surface area contributed by atoms with Crippen LogP contribution in [0.5, 0.6) is 23.0 Å². The highest BCUT2D eigenvalue weighted by molar-refractivity contribution is 7.16. The lowest BCUT2D eigenvalue weighted by Gasteiger charge is -2.22. The number of rotatable bonds is 4. The van der Waals surface area contributed by atoms with Crippen molar-refractivity contribution in [3.8, 4) is 45.3 Å². The molecule has 0 atom stereocenters. The first-order valence-electron chi connectivity index (χ1n) is 23.4. The molecule has 0 radical (unpaired) electrons. The summed E-state index contributed by atoms with van der Waals surface area (Å²) in [6.07, 6.45) is 0. The van der Waals surface area contributed by atoms with Gasteiger partial charge in [-0.1, -0.05) is 97.1 Å². The molecule has 12 nitrogen and oxygen atoms in total. The molecule has 3 heterocycles. The summed E-state index contributed by atoms with van der Waals surface area (Å²) in [5.41, 5.74) is 4.98. The molecule has 0 N–H and O–H groups in total. The quantitative estimate of drug-likeness (QED) is 0.122. The average Bonchev–Trinajstić information content (AvgIpc) is 4.16. The van der Waals surface area contributed by atoms with Crippen LogP contribution in [0.4, 0.5) is 0 Å². The molecule has 0 aliphatic carbocycles. The van der Waals surface area contributed by atoms with Crippen molar-refractivity contribution >= 4 is 89.6 Å². The standard InChI is InChI=1S/C60H44O12S2/c1-65-53-37-25-33-13-5-9-17-41(33)49(53)50-42-18-10-6-14-34(42)26-38(54(50)66-2)30-70-58(62)47-23-24-48(74-47)60(64)72-32-40-28-36-16-8-12-20-44(36)52(56(40)68-4)51-43-19-11-7-15-35(43)27-39(55(51)67-3)31-71-59(63)46-22-21-45(73-46)57(61)69-29-37/h5-28H,29-32H2,1-4H3. The van der Waals surface area contributed by atoms with E-state index in [1.165, 1.54) is 24.3 Å². The molecule has 11 rings (SSSR count). The first-order valence-corrected chi connectivity index (χ1v) is 25.0. The largest absolute Gasteiger partial charge is 0.496 e. The molecule has 2 aromatic heterocycles. The highest BCUT2D eigenvalue weighted by atomic mass is 32.1. The molecule has 0 amide bonds. The van der Waals surface area contributed by atoms with Gasteiger partial charge in [-0.05, 0) is 91.6 Å². The van der Waals surface area contributed by atoms with Crippen LogP contribution in [0, 0.1) is 0 Å². The number of methoxy groups -OCH3 is 4. The maximum atomic E-state index is 13.9. The maximum absolute atomic E-state index is 13.9. The van der Waals surface area contributed by atoms with E-state index in [9.17, 15) is 19.2 Å². The minimum absolute atomic E-state index is 0.182. The number of benzene rings is 8. The highest BCUT2D eigenvalue weighted by Gasteiger charge is 2.28. The molecule has 368 valence electrons. The number of thiophene rings is 2. The zero-order valence-electron chi connectivity index (χ0n) is 40.4. The Morgan fingerprint density at radius 2 is 0.541 bits per heavy atom. The van der Waals surface area contributed by atoms with Gasteiger partial charge >= 0.3 is 23.9 Å². The molecule has 14 heteroatoms. The summed E-state index contributed by atoms with van der Waals surface area (Å²) in [4.78, 5) is 56.3. The number of carbonyl (C=O) groups excluding carboxylic acids is 4. The van der Waals surface area contributed by atoms with E-state index in [1.807, 2.05) is 121 Å². The topological polar surface area (TPSA) is 142 Å². The number of esters is 4. The van der Waals surface area contributed by atoms with Gasteiger partial charge in [-0.2, -0.15) is 0 Å². The Labute approximate surface area is 432 Å². The smallest absolute Gasteiger partial charge is 0.348 e. The number of hydrogen-bond acceptors (Lipinski definition) is 14. The van der Waals surface area contributed by atoms with E-state index in [0.717, 1.165) is 65.8 Å². The van der Waals surface area contributed by atoms with Gasteiger partial charge in [-0.3, -0.25) is 0 Å². The number of cyclic esters (lactones) is 4. The third kappa shape index (κ3) is 8.57. The fraction of sp³-hybridized carbons (Fsp3) is 0.133. The minimum Gasteiger partial charge on any atom is -0.496 e. The van der Waals surface area contributed by atoms with Gasteiger partial charge in [0, 0.05) is 44.5 Å². The molecule has 74 heavy (non-hydrogen) atoms. The van der Waals surface area contributed by atoms with Crippen LogP contribution >= 0.6 is 22.7 Å². The summed E-state index contributed by atoms with van der Waals surface area (Å²) in [5, 5.41) is 6.69. The van der Waals surface area contributed by atoms with Crippen LogP contribution in [0.25, 0.3) is 65.3 Å². The number of carbonyl (C=O) groups is 4. The van der Waals surface area contributed by atoms with Gasteiger partial charge in [-0.15, -0.1) is 22.7 Å². The molecule has 1 aliphatic heterocycles. The molecule has 8 aromatic carbocycles. The van der Waals surface area contributed by atoms with Crippen LogP contribution in [0.3, 0.4) is 0 Å². The van der Waals surface area contributed by atoms with Gasteiger partial charge in [0.25, 0.3) is 0 Å². The molecule has 1 aliphatic rings. The second-order valence-electron chi connectivity index (χ2n) is 17.3. The van der Waals surface area contributed by atoms with Crippen LogP contribution in [0.15, 0.2) is 146 Å². The summed E-state index contributed by atoms with van der Waals surface area (Å²) in [5.74, 6) is -0.824. The Morgan fingerprint density at radius 1 is 0.324 bits per heavy atom. The van der Waals surface area contributed by atoms with E-state index >= 15 is 0 Å². The van der Waals surface area contributed by atoms with E-state index in [-0.39, 0.29) is 45.9 Å². The van der Waals surface area contributed by atoms with Crippen molar-refractivity contribution in [3.05, 3.63) is 187 Å². The molecule has 0 saturated carbocycles. The van der Waals surface area contributed by atoms with Gasteiger partial charge in [-0.25, -0.2) is 19.2 Å². The second-order valence-corrected chi connectivity index (χ2v) is 19.5. The van der Waals surface area contributed by atoms with Crippen LogP contribution in [-0.4, -0.2) is 52.3 Å². The Morgan fingerprint density at radius 3 is 0.757 bits per heavy atom. The molecule has 0 unspecified atom stereocenters. The number of fused-ring (bicyclic) bond motifs is 22. The van der Waals surface area contributed by atoms with Crippen molar-refractivity contribution in [2.75, 3.05) is 28.4 Å². The molecular formula is C60H44O12S2. The summed E-state index contributed by atoms with van der Waals surface area (Å²) in [7, 11) is 6.21. The molecule has 0 saturated heterocycles. The highest BCUT2D eigenvalue weighted by Crippen LogP contribution is 2.51. The van der Waals surface area contributed by atoms with Crippen LogP contribution in [-0.2, 0) is 45.4 Å². The van der Waals surface area contributed by atoms with Gasteiger partial charge in [0.1, 0.15) is 68.9 Å². The monoisotopic (exact) mass is 1020 g/mol. The number of ether oxygens (including phenoxy) is 8. The molecule has 0 spiro atoms. The predicted octanol–water partition coefficient (Wildman–Crippen LogP) is 13.5. The zero-order chi connectivity index (χ0) is 51.0. The first kappa shape index (κ1) is 47.6. The number of hydrogen-bond donors (Lipinski definition) is 0. The summed E-state index contributed by atoms with van der Waals surface area (Å²) in [6.45, 7) is -0.728. The first-order chi connectivity index (χ1) is 36.2. The SMILES string of the molecule is COc1c2cc3ccccc3c1-c1c(OC)c(cc3ccccc13)COC(=O)c1ccc(s1)C(=O)OCc1cc3ccccc3c(c1OC)-c1c(OC)c(cc3ccccc13)COC(=O)c1ccc(s1)C(=O)OC2. The van der Waals surface area contributed by atoms with Crippen molar-refractivity contribution < 1.29 is 57.1 Å². The Balaban J connectivity index is 1.04. The van der Waals surface area contributed by atoms with Crippen molar-refractivity contribution in [2.24, 2.45) is 0 Å². The summed E-state index contributed by atoms with van der Waals surface area (Å²) >= 11 is 1.92. The fourth-order valence-electron chi connectivity index (χ4n) is 9.87. The maximum Gasteiger partial charge on any atom is 0.348 e. The Bertz CT molecular complexity index is 3410. The Hall–Kier alpha value is -8.72. The van der Waals surface area contributed by atoms with Crippen molar-refractivity contribution in [3.63, 3.8) is 0 Å². The van der Waals surface area contributed by atoms with Crippen LogP contribution in [0.2, 0.25) is 0 Å². The van der Waals surface area contributed by atoms with Gasteiger partial charge in [0.15, 0.2) is 0 Å². The summed E-state index contributed by atoms with van der Waals surface area (Å²) in [6, 6.07) is 45.0. The van der Waals surface area contributed by atoms with Crippen LogP contribution in [0.1, 0.15) is 60.9 Å². The van der Waals surface area contributed by atoms with Crippen LogP contribution < -0.4 is 18.9 Å². The lowest BCUT2D eigenvalue weighted by molar-refractivity contribution is 0.0464. The summed E-state index contributed by atoms with van der Waals surface area (Å²) < 4.78 is 48.8. The Kier molecular flexibility index (Phi) is 12.9. The van der Waals surface area contributed by atoms with E-state index in [1.54, 1.807) is 28.4 Å². The van der Waals surface area contributed by atoms with Gasteiger partial charge < -0.3 is 37.9 Å². The van der Waals surface area contributed by atoms with Crippen molar-refractivity contribution in [1.29, 1.82) is 0 Å². The normalized spacial score (nSPS) is 13.5. The predicted molar refractivity (Wildman–Crippen MR) is 285 cm³/mol. The minimum atomic E-state index is -0.644. The third-order valence-electron chi connectivity index (χ3n) is 13.1. The van der Waals surface area contributed by atoms with Gasteiger partial charge in [0.2, 0.25) is 0 Å². The lowest BCUT2D eigenvalue weighted by Crippen LogP contribution is -2.08. The van der Waals surface area contributed by atoms with E-state index in [2.05, 4.69) is 0 Å². The average molecular weight is 1020 g/mol. The van der Waals surface area contributed by atoms with E-state index in [4.69, 9.17) is 37.9 Å². The lowest BCUT2D eigenvalue weighted by atomic mass is 9.89.